The molecular weight excluding hydrogens is 216 g/mol. The van der Waals surface area contributed by atoms with Gasteiger partial charge in [-0.1, -0.05) is 13.3 Å². The highest BCUT2D eigenvalue weighted by Crippen LogP contribution is 2.48. The molecule has 1 aliphatic rings. The standard InChI is InChI=1S/C13H18N2O2/c1-2-4-13(5-6-13)9-15-12(17)10-3-7-14-8-11(10)16/h3,7-8,16H,2,4-6,9H2,1H3,(H,15,17). The summed E-state index contributed by atoms with van der Waals surface area (Å²) in [5.74, 6) is -0.280. The molecule has 0 aromatic carbocycles. The van der Waals surface area contributed by atoms with Crippen molar-refractivity contribution in [3.8, 4) is 5.75 Å². The first-order valence-electron chi connectivity index (χ1n) is 6.08. The van der Waals surface area contributed by atoms with Gasteiger partial charge in [0.15, 0.2) is 0 Å². The Morgan fingerprint density at radius 2 is 2.35 bits per heavy atom. The topological polar surface area (TPSA) is 62.2 Å². The van der Waals surface area contributed by atoms with Crippen molar-refractivity contribution in [1.29, 1.82) is 0 Å². The van der Waals surface area contributed by atoms with Gasteiger partial charge in [0, 0.05) is 12.7 Å². The summed E-state index contributed by atoms with van der Waals surface area (Å²) in [5, 5.41) is 12.4. The Kier molecular flexibility index (Phi) is 3.31. The highest BCUT2D eigenvalue weighted by molar-refractivity contribution is 5.96. The van der Waals surface area contributed by atoms with Crippen molar-refractivity contribution in [1.82, 2.24) is 10.3 Å². The molecule has 92 valence electrons. The molecule has 17 heavy (non-hydrogen) atoms. The molecule has 1 saturated carbocycles. The zero-order chi connectivity index (χ0) is 12.3. The van der Waals surface area contributed by atoms with Gasteiger partial charge >= 0.3 is 0 Å². The second-order valence-corrected chi connectivity index (χ2v) is 4.83. The van der Waals surface area contributed by atoms with E-state index in [9.17, 15) is 9.90 Å². The van der Waals surface area contributed by atoms with Gasteiger partial charge in [-0.05, 0) is 30.7 Å². The zero-order valence-corrected chi connectivity index (χ0v) is 10.1. The summed E-state index contributed by atoms with van der Waals surface area (Å²) in [4.78, 5) is 15.6. The lowest BCUT2D eigenvalue weighted by Gasteiger charge is -2.15. The van der Waals surface area contributed by atoms with Gasteiger partial charge in [0.2, 0.25) is 0 Å². The Labute approximate surface area is 101 Å². The van der Waals surface area contributed by atoms with Crippen LogP contribution in [0.15, 0.2) is 18.5 Å². The molecule has 2 rings (SSSR count). The number of hydrogen-bond donors (Lipinski definition) is 2. The number of carbonyl (C=O) groups excluding carboxylic acids is 1. The van der Waals surface area contributed by atoms with Gasteiger partial charge in [-0.2, -0.15) is 0 Å². The Balaban J connectivity index is 1.92. The number of aromatic hydroxyl groups is 1. The van der Waals surface area contributed by atoms with Crippen molar-refractivity contribution in [3.63, 3.8) is 0 Å². The smallest absolute Gasteiger partial charge is 0.255 e. The summed E-state index contributed by atoms with van der Waals surface area (Å²) in [6.07, 6.45) is 7.50. The number of pyridine rings is 1. The van der Waals surface area contributed by atoms with Crippen LogP contribution in [0.5, 0.6) is 5.75 Å². The molecule has 1 aliphatic carbocycles. The summed E-state index contributed by atoms with van der Waals surface area (Å²) in [5.41, 5.74) is 0.625. The molecule has 1 aromatic rings. The van der Waals surface area contributed by atoms with Gasteiger partial charge in [0.05, 0.1) is 11.8 Å². The van der Waals surface area contributed by atoms with E-state index in [1.54, 1.807) is 0 Å². The van der Waals surface area contributed by atoms with E-state index in [-0.39, 0.29) is 11.7 Å². The molecule has 4 heteroatoms. The SMILES string of the molecule is CCCC1(CNC(=O)c2ccncc2O)CC1. The molecule has 0 saturated heterocycles. The van der Waals surface area contributed by atoms with Crippen LogP contribution in [-0.2, 0) is 0 Å². The Bertz CT molecular complexity index is 414. The maximum Gasteiger partial charge on any atom is 0.255 e. The third-order valence-electron chi connectivity index (χ3n) is 3.41. The lowest BCUT2D eigenvalue weighted by Crippen LogP contribution is -2.30. The Morgan fingerprint density at radius 1 is 1.59 bits per heavy atom. The van der Waals surface area contributed by atoms with Crippen LogP contribution in [0.4, 0.5) is 0 Å². The lowest BCUT2D eigenvalue weighted by atomic mass is 10.0. The van der Waals surface area contributed by atoms with Crippen LogP contribution in [0.25, 0.3) is 0 Å². The highest BCUT2D eigenvalue weighted by Gasteiger charge is 2.41. The summed E-state index contributed by atoms with van der Waals surface area (Å²) >= 11 is 0. The third kappa shape index (κ3) is 2.75. The first-order valence-corrected chi connectivity index (χ1v) is 6.08. The number of hydrogen-bond acceptors (Lipinski definition) is 3. The first-order chi connectivity index (χ1) is 8.17. The minimum Gasteiger partial charge on any atom is -0.505 e. The van der Waals surface area contributed by atoms with Gasteiger partial charge in [-0.15, -0.1) is 0 Å². The van der Waals surface area contributed by atoms with Crippen molar-refractivity contribution in [2.75, 3.05) is 6.54 Å². The van der Waals surface area contributed by atoms with Gasteiger partial charge in [0.25, 0.3) is 5.91 Å². The van der Waals surface area contributed by atoms with Crippen molar-refractivity contribution < 1.29 is 9.90 Å². The molecule has 1 amide bonds. The number of nitrogens with one attached hydrogen (secondary N) is 1. The molecule has 0 aliphatic heterocycles. The molecule has 1 fully saturated rings. The second-order valence-electron chi connectivity index (χ2n) is 4.83. The average Bonchev–Trinajstić information content (AvgIpc) is 3.08. The molecule has 0 atom stereocenters. The lowest BCUT2D eigenvalue weighted by molar-refractivity contribution is 0.0941. The molecular formula is C13H18N2O2. The van der Waals surface area contributed by atoms with Gasteiger partial charge < -0.3 is 10.4 Å². The van der Waals surface area contributed by atoms with E-state index in [0.29, 0.717) is 17.5 Å². The first kappa shape index (κ1) is 11.9. The molecule has 0 spiro atoms. The van der Waals surface area contributed by atoms with Crippen LogP contribution >= 0.6 is 0 Å². The van der Waals surface area contributed by atoms with Gasteiger partial charge in [-0.3, -0.25) is 9.78 Å². The van der Waals surface area contributed by atoms with Crippen molar-refractivity contribution in [2.24, 2.45) is 5.41 Å². The number of amides is 1. The number of carbonyl (C=O) groups is 1. The third-order valence-corrected chi connectivity index (χ3v) is 3.41. The molecule has 0 radical (unpaired) electrons. The van der Waals surface area contributed by atoms with Crippen molar-refractivity contribution >= 4 is 5.91 Å². The molecule has 4 nitrogen and oxygen atoms in total. The monoisotopic (exact) mass is 234 g/mol. The van der Waals surface area contributed by atoms with Crippen LogP contribution in [0, 0.1) is 5.41 Å². The predicted octanol–water partition coefficient (Wildman–Crippen LogP) is 2.10. The van der Waals surface area contributed by atoms with E-state index in [1.165, 1.54) is 31.3 Å². The van der Waals surface area contributed by atoms with E-state index < -0.39 is 0 Å². The summed E-state index contributed by atoms with van der Waals surface area (Å²) in [6.45, 7) is 2.87. The summed E-state index contributed by atoms with van der Waals surface area (Å²) in [6, 6.07) is 1.53. The highest BCUT2D eigenvalue weighted by atomic mass is 16.3. The molecule has 1 aromatic heterocycles. The minimum absolute atomic E-state index is 0.0645. The summed E-state index contributed by atoms with van der Waals surface area (Å²) < 4.78 is 0. The van der Waals surface area contributed by atoms with E-state index >= 15 is 0 Å². The van der Waals surface area contributed by atoms with E-state index in [2.05, 4.69) is 17.2 Å². The maximum absolute atomic E-state index is 11.8. The molecule has 2 N–H and O–H groups in total. The van der Waals surface area contributed by atoms with Crippen molar-refractivity contribution in [2.45, 2.75) is 32.6 Å². The minimum atomic E-state index is -0.215. The Morgan fingerprint density at radius 3 is 2.94 bits per heavy atom. The largest absolute Gasteiger partial charge is 0.505 e. The van der Waals surface area contributed by atoms with Crippen molar-refractivity contribution in [3.05, 3.63) is 24.0 Å². The quantitative estimate of drug-likeness (QED) is 0.820. The van der Waals surface area contributed by atoms with Gasteiger partial charge in [-0.25, -0.2) is 0 Å². The number of rotatable bonds is 5. The summed E-state index contributed by atoms with van der Waals surface area (Å²) in [7, 11) is 0. The number of aromatic nitrogens is 1. The fourth-order valence-corrected chi connectivity index (χ4v) is 2.16. The second kappa shape index (κ2) is 4.73. The van der Waals surface area contributed by atoms with Crippen LogP contribution < -0.4 is 5.32 Å². The fraction of sp³-hybridized carbons (Fsp3) is 0.538. The Hall–Kier alpha value is -1.58. The predicted molar refractivity (Wildman–Crippen MR) is 64.8 cm³/mol. The van der Waals surface area contributed by atoms with Crippen LogP contribution in [-0.4, -0.2) is 22.5 Å². The fourth-order valence-electron chi connectivity index (χ4n) is 2.16. The number of nitrogens with zero attached hydrogens (tertiary/aromatic N) is 1. The molecule has 0 unspecified atom stereocenters. The maximum atomic E-state index is 11.8. The van der Waals surface area contributed by atoms with E-state index in [1.807, 2.05) is 0 Å². The van der Waals surface area contributed by atoms with Crippen LogP contribution in [0.3, 0.4) is 0 Å². The molecule has 1 heterocycles. The normalized spacial score (nSPS) is 16.5. The van der Waals surface area contributed by atoms with Crippen LogP contribution in [0.1, 0.15) is 43.0 Å². The average molecular weight is 234 g/mol. The van der Waals surface area contributed by atoms with E-state index in [4.69, 9.17) is 0 Å². The van der Waals surface area contributed by atoms with Crippen LogP contribution in [0.2, 0.25) is 0 Å². The van der Waals surface area contributed by atoms with Gasteiger partial charge in [0.1, 0.15) is 5.75 Å². The molecule has 0 bridgehead atoms. The van der Waals surface area contributed by atoms with E-state index in [0.717, 1.165) is 12.8 Å². The zero-order valence-electron chi connectivity index (χ0n) is 10.1.